The summed E-state index contributed by atoms with van der Waals surface area (Å²) in [6, 6.07) is 0. The van der Waals surface area contributed by atoms with Crippen molar-refractivity contribution in [1.29, 1.82) is 0 Å². The summed E-state index contributed by atoms with van der Waals surface area (Å²) >= 11 is 4.31. The smallest absolute Gasteiger partial charge is 0.244 e. The van der Waals surface area contributed by atoms with Crippen LogP contribution in [0.1, 0.15) is 0 Å². The zero-order valence-corrected chi connectivity index (χ0v) is 5.17. The van der Waals surface area contributed by atoms with E-state index in [1.165, 1.54) is 0 Å². The van der Waals surface area contributed by atoms with E-state index < -0.39 is 5.91 Å². The van der Waals surface area contributed by atoms with Crippen LogP contribution < -0.4 is 5.73 Å². The van der Waals surface area contributed by atoms with Gasteiger partial charge in [-0.15, -0.1) is 0 Å². The lowest BCUT2D eigenvalue weighted by atomic mass is 10.7. The number of rotatable bonds is 3. The van der Waals surface area contributed by atoms with Gasteiger partial charge in [-0.1, -0.05) is 0 Å². The number of nitrogens with two attached hydrogens (primary N) is 1. The minimum absolute atomic E-state index is 0.0783. The molecule has 3 nitrogen and oxygen atoms in total. The number of carbonyl (C=O) groups excluding carboxylic acids is 1. The molecule has 5 heteroatoms. The number of hydrogen-bond acceptors (Lipinski definition) is 3. The molecule has 1 amide bonds. The van der Waals surface area contributed by atoms with Crippen LogP contribution in [0.5, 0.6) is 0 Å². The molecule has 0 radical (unpaired) electrons. The molecule has 0 heterocycles. The van der Waals surface area contributed by atoms with Gasteiger partial charge in [-0.25, -0.2) is 0 Å². The van der Waals surface area contributed by atoms with Gasteiger partial charge in [0.1, 0.15) is 14.2 Å². The van der Waals surface area contributed by atoms with Gasteiger partial charge < -0.3 is 10.3 Å². The quantitative estimate of drug-likeness (QED) is 0.548. The third kappa shape index (κ3) is 5.95. The van der Waals surface area contributed by atoms with E-state index in [2.05, 4.69) is 22.1 Å². The standard InChI is InChI=1S/C2H4NO2PS/c3-2(4)1-5-6-7/h1H2,(H2,3,4). The summed E-state index contributed by atoms with van der Waals surface area (Å²) in [5.41, 5.74) is 4.66. The van der Waals surface area contributed by atoms with Crippen LogP contribution in [0, 0.1) is 0 Å². The summed E-state index contributed by atoms with van der Waals surface area (Å²) in [6.07, 6.45) is 0. The lowest BCUT2D eigenvalue weighted by Gasteiger charge is -1.84. The van der Waals surface area contributed by atoms with Crippen molar-refractivity contribution in [2.24, 2.45) is 5.73 Å². The Kier molecular flexibility index (Phi) is 4.09. The summed E-state index contributed by atoms with van der Waals surface area (Å²) in [5, 5.41) is 0. The highest BCUT2D eigenvalue weighted by Crippen LogP contribution is 1.90. The van der Waals surface area contributed by atoms with E-state index in [1.807, 2.05) is 0 Å². The largest absolute Gasteiger partial charge is 0.368 e. The van der Waals surface area contributed by atoms with Gasteiger partial charge >= 0.3 is 0 Å². The maximum atomic E-state index is 9.80. The summed E-state index contributed by atoms with van der Waals surface area (Å²) in [7, 11) is 0.323. The second-order valence-corrected chi connectivity index (χ2v) is 1.67. The topological polar surface area (TPSA) is 52.3 Å². The molecule has 0 aromatic heterocycles. The number of hydrogen-bond donors (Lipinski definition) is 1. The van der Waals surface area contributed by atoms with Crippen LogP contribution in [0.3, 0.4) is 0 Å². The molecule has 0 fully saturated rings. The maximum Gasteiger partial charge on any atom is 0.244 e. The highest BCUT2D eigenvalue weighted by molar-refractivity contribution is 7.94. The fraction of sp³-hybridized carbons (Fsp3) is 0.500. The Bertz CT molecular complexity index is 85.8. The van der Waals surface area contributed by atoms with Gasteiger partial charge in [-0.2, -0.15) is 0 Å². The van der Waals surface area contributed by atoms with Gasteiger partial charge in [0.2, 0.25) is 5.91 Å². The van der Waals surface area contributed by atoms with Crippen LogP contribution in [-0.4, -0.2) is 12.5 Å². The predicted molar refractivity (Wildman–Crippen MR) is 29.4 cm³/mol. The lowest BCUT2D eigenvalue weighted by molar-refractivity contribution is -0.119. The van der Waals surface area contributed by atoms with Crippen LogP contribution >= 0.6 is 7.58 Å². The van der Waals surface area contributed by atoms with Crippen LogP contribution in [0.2, 0.25) is 0 Å². The van der Waals surface area contributed by atoms with E-state index in [0.29, 0.717) is 7.58 Å². The molecule has 0 aliphatic rings. The zero-order valence-electron chi connectivity index (χ0n) is 3.46. The predicted octanol–water partition coefficient (Wildman–Crippen LogP) is -0.189. The number of carbonyl (C=O) groups is 1. The normalized spacial score (nSPS) is 9.14. The molecule has 40 valence electrons. The van der Waals surface area contributed by atoms with Crippen molar-refractivity contribution in [1.82, 2.24) is 0 Å². The van der Waals surface area contributed by atoms with Crippen molar-refractivity contribution >= 4 is 25.3 Å². The monoisotopic (exact) mass is 137 g/mol. The van der Waals surface area contributed by atoms with Crippen LogP contribution in [-0.2, 0) is 21.1 Å². The molecule has 0 aliphatic heterocycles. The Morgan fingerprint density at radius 3 is 2.71 bits per heavy atom. The fourth-order valence-corrected chi connectivity index (χ4v) is 0.428. The van der Waals surface area contributed by atoms with Crippen molar-refractivity contribution in [2.45, 2.75) is 0 Å². The molecule has 0 atom stereocenters. The second kappa shape index (κ2) is 4.12. The first-order chi connectivity index (χ1) is 3.27. The van der Waals surface area contributed by atoms with E-state index in [4.69, 9.17) is 0 Å². The van der Waals surface area contributed by atoms with Gasteiger partial charge in [0.25, 0.3) is 0 Å². The summed E-state index contributed by atoms with van der Waals surface area (Å²) in [4.78, 5) is 9.80. The molecule has 0 aromatic carbocycles. The van der Waals surface area contributed by atoms with E-state index in [0.717, 1.165) is 0 Å². The molecule has 0 rings (SSSR count). The van der Waals surface area contributed by atoms with Gasteiger partial charge in [-0.05, 0) is 11.8 Å². The van der Waals surface area contributed by atoms with Gasteiger partial charge in [0, 0.05) is 0 Å². The summed E-state index contributed by atoms with van der Waals surface area (Å²) in [5.74, 6) is -0.489. The first-order valence-corrected chi connectivity index (χ1v) is 3.33. The second-order valence-electron chi connectivity index (χ2n) is 0.814. The van der Waals surface area contributed by atoms with Crippen molar-refractivity contribution in [2.75, 3.05) is 6.61 Å². The van der Waals surface area contributed by atoms with E-state index in [-0.39, 0.29) is 6.61 Å². The van der Waals surface area contributed by atoms with Crippen molar-refractivity contribution in [3.8, 4) is 0 Å². The zero-order chi connectivity index (χ0) is 5.70. The van der Waals surface area contributed by atoms with Crippen molar-refractivity contribution < 1.29 is 9.32 Å². The van der Waals surface area contributed by atoms with Gasteiger partial charge in [0.05, 0.1) is 0 Å². The average molecular weight is 137 g/mol. The highest BCUT2D eigenvalue weighted by atomic mass is 32.4. The average Bonchev–Trinajstić information content (AvgIpc) is 1.61. The maximum absolute atomic E-state index is 9.80. The van der Waals surface area contributed by atoms with Crippen LogP contribution in [0.25, 0.3) is 0 Å². The molecular weight excluding hydrogens is 133 g/mol. The lowest BCUT2D eigenvalue weighted by Crippen LogP contribution is -2.15. The fourth-order valence-electron chi connectivity index (χ4n) is 0.0900. The molecular formula is C2H4NO2PS. The first-order valence-electron chi connectivity index (χ1n) is 1.50. The number of amides is 1. The third-order valence-corrected chi connectivity index (χ3v) is 0.810. The Hall–Kier alpha value is -0.0500. The Labute approximate surface area is 47.8 Å². The SMILES string of the molecule is NC(=O)COP=S. The Balaban J connectivity index is 2.97. The molecule has 0 unspecified atom stereocenters. The molecule has 0 aromatic rings. The Morgan fingerprint density at radius 1 is 2.00 bits per heavy atom. The van der Waals surface area contributed by atoms with Gasteiger partial charge in [-0.3, -0.25) is 4.79 Å². The van der Waals surface area contributed by atoms with E-state index in [1.54, 1.807) is 0 Å². The van der Waals surface area contributed by atoms with E-state index in [9.17, 15) is 4.79 Å². The summed E-state index contributed by atoms with van der Waals surface area (Å²) in [6.45, 7) is -0.0783. The molecule has 0 saturated carbocycles. The highest BCUT2D eigenvalue weighted by Gasteiger charge is 1.87. The molecule has 0 aliphatic carbocycles. The van der Waals surface area contributed by atoms with Crippen LogP contribution in [0.15, 0.2) is 0 Å². The molecule has 0 spiro atoms. The molecule has 7 heavy (non-hydrogen) atoms. The Morgan fingerprint density at radius 2 is 2.57 bits per heavy atom. The minimum Gasteiger partial charge on any atom is -0.368 e. The minimum atomic E-state index is -0.489. The molecule has 0 bridgehead atoms. The van der Waals surface area contributed by atoms with E-state index >= 15 is 0 Å². The molecule has 2 N–H and O–H groups in total. The number of primary amides is 1. The van der Waals surface area contributed by atoms with Gasteiger partial charge in [0.15, 0.2) is 0 Å². The summed E-state index contributed by atoms with van der Waals surface area (Å²) < 4.78 is 4.41. The van der Waals surface area contributed by atoms with Crippen molar-refractivity contribution in [3.63, 3.8) is 0 Å². The van der Waals surface area contributed by atoms with Crippen molar-refractivity contribution in [3.05, 3.63) is 0 Å². The first kappa shape index (κ1) is 6.95. The molecule has 0 saturated heterocycles. The van der Waals surface area contributed by atoms with Crippen LogP contribution in [0.4, 0.5) is 0 Å². The third-order valence-electron chi connectivity index (χ3n) is 0.260.